The van der Waals surface area contributed by atoms with Gasteiger partial charge in [-0.2, -0.15) is 0 Å². The highest BCUT2D eigenvalue weighted by Gasteiger charge is 2.55. The van der Waals surface area contributed by atoms with E-state index in [1.807, 2.05) is 18.2 Å². The van der Waals surface area contributed by atoms with Gasteiger partial charge in [0.25, 0.3) is 0 Å². The molecule has 6 rings (SSSR count). The molecule has 1 heterocycles. The van der Waals surface area contributed by atoms with Crippen molar-refractivity contribution in [1.29, 1.82) is 0 Å². The van der Waals surface area contributed by atoms with Gasteiger partial charge in [0, 0.05) is 29.2 Å². The fourth-order valence-corrected chi connectivity index (χ4v) is 6.85. The summed E-state index contributed by atoms with van der Waals surface area (Å²) in [5.41, 5.74) is 3.73. The van der Waals surface area contributed by atoms with Gasteiger partial charge in [-0.1, -0.05) is 42.0 Å². The van der Waals surface area contributed by atoms with Crippen LogP contribution >= 0.6 is 0 Å². The Morgan fingerprint density at radius 3 is 2.50 bits per heavy atom. The minimum atomic E-state index is -0.606. The summed E-state index contributed by atoms with van der Waals surface area (Å²) in [4.78, 5) is 55.3. The second-order valence-electron chi connectivity index (χ2n) is 11.3. The van der Waals surface area contributed by atoms with E-state index in [-0.39, 0.29) is 53.8 Å². The van der Waals surface area contributed by atoms with Crippen molar-refractivity contribution in [2.24, 2.45) is 23.7 Å². The number of rotatable bonds is 6. The van der Waals surface area contributed by atoms with E-state index in [0.29, 0.717) is 35.3 Å². The van der Waals surface area contributed by atoms with Gasteiger partial charge in [0.05, 0.1) is 18.9 Å². The lowest BCUT2D eigenvalue weighted by molar-refractivity contribution is -0.140. The molecule has 214 valence electrons. The van der Waals surface area contributed by atoms with E-state index in [1.165, 1.54) is 24.2 Å². The molecule has 2 N–H and O–H groups in total. The van der Waals surface area contributed by atoms with Crippen LogP contribution in [0, 0.1) is 23.7 Å². The van der Waals surface area contributed by atoms with Gasteiger partial charge in [-0.15, -0.1) is 0 Å². The lowest BCUT2D eigenvalue weighted by atomic mass is 9.60. The van der Waals surface area contributed by atoms with E-state index in [2.05, 4.69) is 0 Å². The van der Waals surface area contributed by atoms with Crippen LogP contribution in [0.5, 0.6) is 17.2 Å². The van der Waals surface area contributed by atoms with Crippen LogP contribution in [0.15, 0.2) is 83.0 Å². The first-order valence-corrected chi connectivity index (χ1v) is 14.1. The number of hydrogen-bond donors (Lipinski definition) is 2. The zero-order valence-corrected chi connectivity index (χ0v) is 23.4. The molecule has 2 aromatic rings. The monoisotopic (exact) mass is 565 g/mol. The molecule has 3 aliphatic carbocycles. The van der Waals surface area contributed by atoms with Crippen molar-refractivity contribution in [3.63, 3.8) is 0 Å². The van der Waals surface area contributed by atoms with E-state index in [0.717, 1.165) is 16.7 Å². The number of ketones is 2. The summed E-state index contributed by atoms with van der Waals surface area (Å²) in [6, 6.07) is 11.6. The van der Waals surface area contributed by atoms with Gasteiger partial charge >= 0.3 is 0 Å². The molecule has 42 heavy (non-hydrogen) atoms. The summed E-state index contributed by atoms with van der Waals surface area (Å²) < 4.78 is 5.23. The Labute approximate surface area is 243 Å². The summed E-state index contributed by atoms with van der Waals surface area (Å²) in [6.45, 7) is 1.86. The van der Waals surface area contributed by atoms with Crippen molar-refractivity contribution < 1.29 is 34.1 Å². The molecule has 0 saturated carbocycles. The third-order valence-corrected chi connectivity index (χ3v) is 8.95. The maximum atomic E-state index is 13.8. The number of methoxy groups -OCH3 is 1. The van der Waals surface area contributed by atoms with E-state index >= 15 is 0 Å². The lowest BCUT2D eigenvalue weighted by Crippen LogP contribution is -2.40. The molecule has 2 amide bonds. The molecule has 8 nitrogen and oxygen atoms in total. The molecule has 4 aliphatic rings. The number of likely N-dealkylation sites (tertiary alicyclic amines) is 1. The van der Waals surface area contributed by atoms with E-state index in [4.69, 9.17) is 4.74 Å². The topological polar surface area (TPSA) is 121 Å². The molecule has 8 heteroatoms. The molecule has 0 aromatic heterocycles. The number of carbonyl (C=O) groups excluding carboxylic acids is 4. The smallest absolute Gasteiger partial charge is 0.233 e. The molecule has 2 aromatic carbocycles. The van der Waals surface area contributed by atoms with Gasteiger partial charge in [-0.05, 0) is 73.6 Å². The number of ether oxygens (including phenoxy) is 1. The second-order valence-corrected chi connectivity index (χ2v) is 11.3. The molecule has 0 spiro atoms. The van der Waals surface area contributed by atoms with Crippen LogP contribution < -0.4 is 4.74 Å². The molecule has 4 atom stereocenters. The van der Waals surface area contributed by atoms with Crippen molar-refractivity contribution in [3.05, 3.63) is 94.1 Å². The normalized spacial score (nSPS) is 25.3. The Kier molecular flexibility index (Phi) is 6.93. The van der Waals surface area contributed by atoms with Gasteiger partial charge in [0.1, 0.15) is 5.75 Å². The lowest BCUT2D eigenvalue weighted by Gasteiger charge is -2.41. The van der Waals surface area contributed by atoms with Crippen molar-refractivity contribution in [2.75, 3.05) is 13.7 Å². The minimum Gasteiger partial charge on any atom is -0.508 e. The Bertz CT molecular complexity index is 1640. The maximum absolute atomic E-state index is 13.8. The number of hydrogen-bond acceptors (Lipinski definition) is 7. The summed E-state index contributed by atoms with van der Waals surface area (Å²) >= 11 is 0. The number of imide groups is 1. The number of aromatic hydroxyl groups is 2. The second kappa shape index (κ2) is 10.6. The highest BCUT2D eigenvalue weighted by Crippen LogP contribution is 2.52. The number of carbonyl (C=O) groups is 4. The first kappa shape index (κ1) is 27.4. The summed E-state index contributed by atoms with van der Waals surface area (Å²) in [5.74, 6) is -2.43. The largest absolute Gasteiger partial charge is 0.508 e. The fourth-order valence-electron chi connectivity index (χ4n) is 6.85. The predicted octanol–water partition coefficient (Wildman–Crippen LogP) is 4.32. The zero-order valence-electron chi connectivity index (χ0n) is 23.4. The SMILES string of the molecule is COc1cc(C=CC2C3=CCC4C(=O)N(CCc5ccc(O)cc5)C(=O)C4C3CC3=C2C(=O)C=C(C)C3=O)ccc1O. The summed E-state index contributed by atoms with van der Waals surface area (Å²) in [6.07, 6.45) is 8.14. The third-order valence-electron chi connectivity index (χ3n) is 8.95. The number of phenolic OH excluding ortho intramolecular Hbond substituents is 2. The fraction of sp³-hybridized carbons (Fsp3) is 0.294. The van der Waals surface area contributed by atoms with Crippen molar-refractivity contribution in [3.8, 4) is 17.2 Å². The van der Waals surface area contributed by atoms with Gasteiger partial charge < -0.3 is 14.9 Å². The molecule has 0 bridgehead atoms. The Balaban J connectivity index is 1.34. The molecular formula is C34H31NO7. The number of amides is 2. The average Bonchev–Trinajstić information content (AvgIpc) is 3.23. The third kappa shape index (κ3) is 4.57. The summed E-state index contributed by atoms with van der Waals surface area (Å²) in [7, 11) is 1.46. The molecular weight excluding hydrogens is 534 g/mol. The highest BCUT2D eigenvalue weighted by molar-refractivity contribution is 6.23. The number of phenols is 2. The standard InChI is InChI=1S/C34H31NO7/c1-18-15-28(38)30-23(9-5-20-6-12-27(37)29(16-20)42-2)22-10-11-24-31(25(22)17-26(30)32(18)39)34(41)35(33(24)40)14-13-19-3-7-21(36)8-4-19/h3-10,12,15-16,23-25,31,36-37H,11,13-14,17H2,1-2H3. The maximum Gasteiger partial charge on any atom is 0.233 e. The van der Waals surface area contributed by atoms with Crippen LogP contribution in [-0.4, -0.2) is 52.1 Å². The van der Waals surface area contributed by atoms with Crippen LogP contribution in [0.1, 0.15) is 30.9 Å². The van der Waals surface area contributed by atoms with Gasteiger partial charge in [0.2, 0.25) is 11.8 Å². The number of nitrogens with zero attached hydrogens (tertiary/aromatic N) is 1. The van der Waals surface area contributed by atoms with Crippen LogP contribution in [0.2, 0.25) is 0 Å². The Morgan fingerprint density at radius 2 is 1.76 bits per heavy atom. The van der Waals surface area contributed by atoms with E-state index < -0.39 is 17.8 Å². The highest BCUT2D eigenvalue weighted by atomic mass is 16.5. The summed E-state index contributed by atoms with van der Waals surface area (Å²) in [5, 5.41) is 19.6. The van der Waals surface area contributed by atoms with Crippen LogP contribution in [0.3, 0.4) is 0 Å². The Morgan fingerprint density at radius 1 is 1.00 bits per heavy atom. The van der Waals surface area contributed by atoms with E-state index in [1.54, 1.807) is 43.3 Å². The van der Waals surface area contributed by atoms with Crippen molar-refractivity contribution >= 4 is 29.5 Å². The van der Waals surface area contributed by atoms with Gasteiger partial charge in [-0.3, -0.25) is 24.1 Å². The molecule has 1 fully saturated rings. The van der Waals surface area contributed by atoms with Crippen molar-refractivity contribution in [2.45, 2.75) is 26.2 Å². The number of benzene rings is 2. The van der Waals surface area contributed by atoms with Crippen LogP contribution in [0.4, 0.5) is 0 Å². The molecule has 1 aliphatic heterocycles. The number of Topliss-reactive ketones (excluding diaryl/α,β-unsaturated/α-hetero) is 1. The number of allylic oxidation sites excluding steroid dienone is 7. The zero-order chi connectivity index (χ0) is 29.7. The number of fused-ring (bicyclic) bond motifs is 3. The first-order valence-electron chi connectivity index (χ1n) is 14.1. The predicted molar refractivity (Wildman–Crippen MR) is 154 cm³/mol. The first-order chi connectivity index (χ1) is 20.2. The van der Waals surface area contributed by atoms with Gasteiger partial charge in [-0.25, -0.2) is 0 Å². The van der Waals surface area contributed by atoms with Crippen LogP contribution in [-0.2, 0) is 25.6 Å². The average molecular weight is 566 g/mol. The molecule has 1 saturated heterocycles. The molecule has 4 unspecified atom stereocenters. The van der Waals surface area contributed by atoms with E-state index in [9.17, 15) is 29.4 Å². The molecule has 0 radical (unpaired) electrons. The Hall–Kier alpha value is -4.72. The minimum absolute atomic E-state index is 0.00597. The quantitative estimate of drug-likeness (QED) is 0.304. The van der Waals surface area contributed by atoms with Crippen LogP contribution in [0.25, 0.3) is 6.08 Å². The van der Waals surface area contributed by atoms with Gasteiger partial charge in [0.15, 0.2) is 23.1 Å². The van der Waals surface area contributed by atoms with Crippen molar-refractivity contribution in [1.82, 2.24) is 4.90 Å².